The molecule has 2 aromatic rings. The Balaban J connectivity index is 1.43. The molecule has 5 nitrogen and oxygen atoms in total. The number of nitrogens with one attached hydrogen (secondary N) is 3. The lowest BCUT2D eigenvalue weighted by Crippen LogP contribution is -2.47. The molecule has 2 heterocycles. The van der Waals surface area contributed by atoms with E-state index < -0.39 is 0 Å². The first-order valence-electron chi connectivity index (χ1n) is 6.97. The molecule has 0 atom stereocenters. The summed E-state index contributed by atoms with van der Waals surface area (Å²) in [6.07, 6.45) is 2.80. The molecule has 3 N–H and O–H groups in total. The molecular formula is C14H21N5. The first kappa shape index (κ1) is 12.6. The van der Waals surface area contributed by atoms with Crippen LogP contribution in [0.5, 0.6) is 0 Å². The van der Waals surface area contributed by atoms with Crippen molar-refractivity contribution in [2.45, 2.75) is 6.42 Å². The Labute approximate surface area is 113 Å². The van der Waals surface area contributed by atoms with Gasteiger partial charge in [0.1, 0.15) is 0 Å². The number of H-pyrrole nitrogens is 1. The van der Waals surface area contributed by atoms with Crippen LogP contribution in [-0.4, -0.2) is 54.3 Å². The maximum absolute atomic E-state index is 4.23. The first-order chi connectivity index (χ1) is 9.42. The van der Waals surface area contributed by atoms with Gasteiger partial charge in [0.25, 0.3) is 0 Å². The molecule has 1 aliphatic rings. The van der Waals surface area contributed by atoms with Gasteiger partial charge in [-0.05, 0) is 24.1 Å². The summed E-state index contributed by atoms with van der Waals surface area (Å²) in [5.74, 6) is 0. The van der Waals surface area contributed by atoms with Crippen molar-refractivity contribution in [1.82, 2.24) is 25.5 Å². The molecule has 0 bridgehead atoms. The van der Waals surface area contributed by atoms with Crippen LogP contribution in [0.1, 0.15) is 5.56 Å². The molecule has 0 amide bonds. The fraction of sp³-hybridized carbons (Fsp3) is 0.500. The summed E-state index contributed by atoms with van der Waals surface area (Å²) in [5.41, 5.74) is 3.52. The average molecular weight is 259 g/mol. The van der Waals surface area contributed by atoms with E-state index >= 15 is 0 Å². The lowest BCUT2D eigenvalue weighted by molar-refractivity contribution is 0.224. The molecule has 5 heteroatoms. The molecule has 0 radical (unpaired) electrons. The van der Waals surface area contributed by atoms with Crippen LogP contribution in [0.15, 0.2) is 24.5 Å². The van der Waals surface area contributed by atoms with E-state index in [2.05, 4.69) is 43.7 Å². The van der Waals surface area contributed by atoms with Crippen molar-refractivity contribution >= 4 is 11.0 Å². The summed E-state index contributed by atoms with van der Waals surface area (Å²) in [5, 5.41) is 6.88. The Kier molecular flexibility index (Phi) is 4.07. The third-order valence-corrected chi connectivity index (χ3v) is 3.62. The highest BCUT2D eigenvalue weighted by molar-refractivity contribution is 5.75. The molecule has 102 valence electrons. The van der Waals surface area contributed by atoms with Crippen LogP contribution in [0.4, 0.5) is 0 Å². The summed E-state index contributed by atoms with van der Waals surface area (Å²) >= 11 is 0. The van der Waals surface area contributed by atoms with E-state index in [4.69, 9.17) is 0 Å². The van der Waals surface area contributed by atoms with Gasteiger partial charge in [-0.15, -0.1) is 0 Å². The molecule has 19 heavy (non-hydrogen) atoms. The van der Waals surface area contributed by atoms with Crippen molar-refractivity contribution in [1.29, 1.82) is 0 Å². The van der Waals surface area contributed by atoms with Crippen molar-refractivity contribution in [2.75, 3.05) is 39.4 Å². The summed E-state index contributed by atoms with van der Waals surface area (Å²) in [4.78, 5) is 9.84. The first-order valence-corrected chi connectivity index (χ1v) is 6.97. The smallest absolute Gasteiger partial charge is 0.0931 e. The van der Waals surface area contributed by atoms with Gasteiger partial charge in [0.2, 0.25) is 0 Å². The highest BCUT2D eigenvalue weighted by Gasteiger charge is 2.07. The molecular weight excluding hydrogens is 238 g/mol. The Morgan fingerprint density at radius 2 is 2.16 bits per heavy atom. The van der Waals surface area contributed by atoms with Gasteiger partial charge in [-0.2, -0.15) is 0 Å². The third kappa shape index (κ3) is 3.32. The molecule has 1 saturated heterocycles. The topological polar surface area (TPSA) is 56.0 Å². The predicted molar refractivity (Wildman–Crippen MR) is 77.1 cm³/mol. The maximum atomic E-state index is 4.23. The standard InChI is InChI=1S/C14H21N5/c1-2-13-14(18-10-17-13)9-12(1)3-4-16-11-19-7-5-15-6-8-19/h1-2,9-10,15-16H,3-8,11H2,(H,17,18). The summed E-state index contributed by atoms with van der Waals surface area (Å²) < 4.78 is 0. The number of hydrogen-bond donors (Lipinski definition) is 3. The Morgan fingerprint density at radius 1 is 1.26 bits per heavy atom. The summed E-state index contributed by atoms with van der Waals surface area (Å²) in [6.45, 7) is 6.52. The SMILES string of the molecule is c1nc2ccc(CCNCN3CCNCC3)cc2[nH]1. The van der Waals surface area contributed by atoms with Crippen molar-refractivity contribution in [3.63, 3.8) is 0 Å². The number of imidazole rings is 1. The number of aromatic nitrogens is 2. The van der Waals surface area contributed by atoms with E-state index in [-0.39, 0.29) is 0 Å². The van der Waals surface area contributed by atoms with E-state index in [1.807, 2.05) is 0 Å². The number of benzene rings is 1. The highest BCUT2D eigenvalue weighted by Crippen LogP contribution is 2.11. The number of fused-ring (bicyclic) bond motifs is 1. The van der Waals surface area contributed by atoms with Crippen molar-refractivity contribution in [3.8, 4) is 0 Å². The monoisotopic (exact) mass is 259 g/mol. The van der Waals surface area contributed by atoms with Gasteiger partial charge >= 0.3 is 0 Å². The second kappa shape index (κ2) is 6.14. The Bertz CT molecular complexity index is 515. The van der Waals surface area contributed by atoms with Crippen LogP contribution in [0.25, 0.3) is 11.0 Å². The quantitative estimate of drug-likeness (QED) is 0.687. The van der Waals surface area contributed by atoms with E-state index in [1.165, 1.54) is 5.56 Å². The van der Waals surface area contributed by atoms with Crippen LogP contribution >= 0.6 is 0 Å². The molecule has 0 spiro atoms. The van der Waals surface area contributed by atoms with E-state index in [1.54, 1.807) is 6.33 Å². The van der Waals surface area contributed by atoms with Crippen LogP contribution in [0.3, 0.4) is 0 Å². The third-order valence-electron chi connectivity index (χ3n) is 3.62. The van der Waals surface area contributed by atoms with E-state index in [0.717, 1.165) is 56.8 Å². The second-order valence-electron chi connectivity index (χ2n) is 5.03. The minimum atomic E-state index is 0.994. The van der Waals surface area contributed by atoms with Crippen LogP contribution in [-0.2, 0) is 6.42 Å². The zero-order valence-corrected chi connectivity index (χ0v) is 11.2. The second-order valence-corrected chi connectivity index (χ2v) is 5.03. The maximum Gasteiger partial charge on any atom is 0.0931 e. The minimum Gasteiger partial charge on any atom is -0.345 e. The number of aromatic amines is 1. The summed E-state index contributed by atoms with van der Waals surface area (Å²) in [7, 11) is 0. The van der Waals surface area contributed by atoms with Gasteiger partial charge in [-0.25, -0.2) is 4.98 Å². The Morgan fingerprint density at radius 3 is 3.05 bits per heavy atom. The number of piperazine rings is 1. The minimum absolute atomic E-state index is 0.994. The zero-order chi connectivity index (χ0) is 12.9. The zero-order valence-electron chi connectivity index (χ0n) is 11.2. The largest absolute Gasteiger partial charge is 0.345 e. The van der Waals surface area contributed by atoms with Gasteiger partial charge in [0.15, 0.2) is 0 Å². The molecule has 1 fully saturated rings. The predicted octanol–water partition coefficient (Wildman–Crippen LogP) is 0.558. The van der Waals surface area contributed by atoms with Gasteiger partial charge in [-0.1, -0.05) is 6.07 Å². The lowest BCUT2D eigenvalue weighted by atomic mass is 10.1. The fourth-order valence-corrected chi connectivity index (χ4v) is 2.48. The highest BCUT2D eigenvalue weighted by atomic mass is 15.2. The van der Waals surface area contributed by atoms with Crippen LogP contribution < -0.4 is 10.6 Å². The normalized spacial score (nSPS) is 17.1. The molecule has 0 saturated carbocycles. The van der Waals surface area contributed by atoms with Crippen molar-refractivity contribution in [2.24, 2.45) is 0 Å². The molecule has 0 unspecified atom stereocenters. The van der Waals surface area contributed by atoms with Gasteiger partial charge in [0.05, 0.1) is 17.4 Å². The van der Waals surface area contributed by atoms with Gasteiger partial charge < -0.3 is 15.6 Å². The molecule has 0 aliphatic carbocycles. The van der Waals surface area contributed by atoms with Crippen LogP contribution in [0, 0.1) is 0 Å². The van der Waals surface area contributed by atoms with Gasteiger partial charge in [-0.3, -0.25) is 4.90 Å². The molecule has 1 aromatic carbocycles. The summed E-state index contributed by atoms with van der Waals surface area (Å²) in [6, 6.07) is 6.43. The Hall–Kier alpha value is -1.43. The van der Waals surface area contributed by atoms with Crippen LogP contribution in [0.2, 0.25) is 0 Å². The average Bonchev–Trinajstić information content (AvgIpc) is 2.92. The van der Waals surface area contributed by atoms with E-state index in [0.29, 0.717) is 0 Å². The number of rotatable bonds is 5. The molecule has 1 aliphatic heterocycles. The van der Waals surface area contributed by atoms with Crippen molar-refractivity contribution in [3.05, 3.63) is 30.1 Å². The van der Waals surface area contributed by atoms with Crippen molar-refractivity contribution < 1.29 is 0 Å². The lowest BCUT2D eigenvalue weighted by Gasteiger charge is -2.27. The molecule has 1 aromatic heterocycles. The van der Waals surface area contributed by atoms with E-state index in [9.17, 15) is 0 Å². The molecule has 3 rings (SSSR count). The number of nitrogens with zero attached hydrogens (tertiary/aromatic N) is 2. The fourth-order valence-electron chi connectivity index (χ4n) is 2.48. The van der Waals surface area contributed by atoms with Gasteiger partial charge in [0, 0.05) is 39.4 Å². The number of hydrogen-bond acceptors (Lipinski definition) is 4.